The average Bonchev–Trinajstić information content (AvgIpc) is 3.23. The van der Waals surface area contributed by atoms with Gasteiger partial charge in [-0.3, -0.25) is 4.79 Å². The Hall–Kier alpha value is -3.68. The molecule has 0 saturated heterocycles. The number of aromatic amines is 1. The molecule has 3 aromatic rings. The van der Waals surface area contributed by atoms with Crippen LogP contribution in [0.15, 0.2) is 53.7 Å². The first-order valence-corrected chi connectivity index (χ1v) is 10.1. The summed E-state index contributed by atoms with van der Waals surface area (Å²) in [5, 5.41) is 10.3. The lowest BCUT2D eigenvalue weighted by molar-refractivity contribution is -0.192. The van der Waals surface area contributed by atoms with Crippen LogP contribution < -0.4 is 5.32 Å². The van der Waals surface area contributed by atoms with Gasteiger partial charge in [0, 0.05) is 28.4 Å². The molecule has 0 radical (unpaired) electrons. The van der Waals surface area contributed by atoms with Crippen molar-refractivity contribution in [2.45, 2.75) is 29.9 Å². The summed E-state index contributed by atoms with van der Waals surface area (Å²) >= 11 is 0.417. The minimum atomic E-state index is -5.08. The van der Waals surface area contributed by atoms with Crippen molar-refractivity contribution in [3.8, 4) is 0 Å². The average molecular weight is 505 g/mol. The SMILES string of the molecule is CC(OC(=O)c1ccnc2[nH]ccc12)C(=O)Nc1ccc(SC(F)F)cc1.O=C(O)C(F)(F)F. The van der Waals surface area contributed by atoms with Gasteiger partial charge in [-0.25, -0.2) is 14.6 Å². The lowest BCUT2D eigenvalue weighted by atomic mass is 10.2. The van der Waals surface area contributed by atoms with Crippen LogP contribution >= 0.6 is 11.8 Å². The van der Waals surface area contributed by atoms with Gasteiger partial charge in [-0.1, -0.05) is 11.8 Å². The first-order valence-electron chi connectivity index (χ1n) is 9.17. The number of thioether (sulfide) groups is 1. The molecule has 1 aromatic carbocycles. The number of carbonyl (C=O) groups is 3. The Morgan fingerprint density at radius 3 is 2.29 bits per heavy atom. The van der Waals surface area contributed by atoms with Crippen LogP contribution in [0.25, 0.3) is 11.0 Å². The molecule has 3 rings (SSSR count). The maximum atomic E-state index is 12.4. The number of halogens is 5. The van der Waals surface area contributed by atoms with E-state index in [1.54, 1.807) is 12.3 Å². The van der Waals surface area contributed by atoms with E-state index in [-0.39, 0.29) is 0 Å². The first kappa shape index (κ1) is 26.6. The molecule has 3 N–H and O–H groups in total. The van der Waals surface area contributed by atoms with Gasteiger partial charge < -0.3 is 20.1 Å². The lowest BCUT2D eigenvalue weighted by Crippen LogP contribution is -2.30. The van der Waals surface area contributed by atoms with Crippen molar-refractivity contribution in [1.82, 2.24) is 9.97 Å². The van der Waals surface area contributed by atoms with Crippen LogP contribution in [0.3, 0.4) is 0 Å². The van der Waals surface area contributed by atoms with Crippen molar-refractivity contribution in [2.75, 3.05) is 5.32 Å². The van der Waals surface area contributed by atoms with Gasteiger partial charge in [0.05, 0.1) is 5.56 Å². The van der Waals surface area contributed by atoms with Crippen LogP contribution in [0.1, 0.15) is 17.3 Å². The van der Waals surface area contributed by atoms with Gasteiger partial charge in [0.2, 0.25) is 0 Å². The number of fused-ring (bicyclic) bond motifs is 1. The number of rotatable bonds is 6. The highest BCUT2D eigenvalue weighted by atomic mass is 32.2. The number of nitrogens with zero attached hydrogens (tertiary/aromatic N) is 1. The molecule has 1 atom stereocenters. The summed E-state index contributed by atoms with van der Waals surface area (Å²) in [6.45, 7) is 1.45. The summed E-state index contributed by atoms with van der Waals surface area (Å²) < 4.78 is 61.6. The summed E-state index contributed by atoms with van der Waals surface area (Å²) in [5.41, 5.74) is 1.26. The molecule has 182 valence electrons. The number of alkyl halides is 5. The highest BCUT2D eigenvalue weighted by molar-refractivity contribution is 7.99. The van der Waals surface area contributed by atoms with Crippen LogP contribution in [-0.2, 0) is 14.3 Å². The van der Waals surface area contributed by atoms with E-state index in [2.05, 4.69) is 15.3 Å². The molecule has 0 aliphatic rings. The standard InChI is InChI=1S/C18H15F2N3O3S.C2HF3O2/c1-10(16(24)23-11-2-4-12(5-3-11)27-18(19)20)26-17(25)14-7-9-22-15-13(14)6-8-21-15;3-2(4,5)1(6)7/h2-10,18H,1H3,(H,21,22)(H,23,24);(H,6,7). The number of hydrogen-bond donors (Lipinski definition) is 3. The van der Waals surface area contributed by atoms with Crippen LogP contribution in [0.2, 0.25) is 0 Å². The molecule has 0 aliphatic carbocycles. The molecule has 0 bridgehead atoms. The van der Waals surface area contributed by atoms with Gasteiger partial charge in [0.25, 0.3) is 11.7 Å². The number of nitrogens with one attached hydrogen (secondary N) is 2. The van der Waals surface area contributed by atoms with Crippen LogP contribution in [0.5, 0.6) is 0 Å². The normalized spacial score (nSPS) is 12.0. The molecular formula is C20H16F5N3O5S. The Morgan fingerprint density at radius 1 is 1.12 bits per heavy atom. The molecule has 0 saturated carbocycles. The van der Waals surface area contributed by atoms with Crippen molar-refractivity contribution < 1.29 is 46.2 Å². The van der Waals surface area contributed by atoms with E-state index < -0.39 is 35.9 Å². The van der Waals surface area contributed by atoms with Gasteiger partial charge in [0.1, 0.15) is 5.65 Å². The lowest BCUT2D eigenvalue weighted by Gasteiger charge is -2.14. The quantitative estimate of drug-likeness (QED) is 0.252. The van der Waals surface area contributed by atoms with E-state index in [1.165, 1.54) is 43.5 Å². The van der Waals surface area contributed by atoms with E-state index in [0.29, 0.717) is 38.9 Å². The Bertz CT molecular complexity index is 1150. The number of ether oxygens (including phenoxy) is 1. The van der Waals surface area contributed by atoms with Crippen molar-refractivity contribution in [3.05, 3.63) is 54.4 Å². The largest absolute Gasteiger partial charge is 0.490 e. The fourth-order valence-electron chi connectivity index (χ4n) is 2.38. The molecule has 2 aromatic heterocycles. The number of aromatic nitrogens is 2. The molecule has 14 heteroatoms. The summed E-state index contributed by atoms with van der Waals surface area (Å²) in [5.74, 6) is -6.44. The number of amides is 1. The van der Waals surface area contributed by atoms with E-state index >= 15 is 0 Å². The number of H-pyrrole nitrogens is 1. The molecule has 2 heterocycles. The topological polar surface area (TPSA) is 121 Å². The summed E-state index contributed by atoms with van der Waals surface area (Å²) in [7, 11) is 0. The highest BCUT2D eigenvalue weighted by Gasteiger charge is 2.38. The number of pyridine rings is 1. The third-order valence-electron chi connectivity index (χ3n) is 3.92. The number of anilines is 1. The zero-order chi connectivity index (χ0) is 25.5. The molecular weight excluding hydrogens is 489 g/mol. The molecule has 8 nitrogen and oxygen atoms in total. The number of hydrogen-bond acceptors (Lipinski definition) is 6. The van der Waals surface area contributed by atoms with E-state index in [4.69, 9.17) is 14.6 Å². The Balaban J connectivity index is 0.000000509. The molecule has 1 amide bonds. The number of carbonyl (C=O) groups excluding carboxylic acids is 2. The summed E-state index contributed by atoms with van der Waals surface area (Å²) in [6.07, 6.45) is -3.01. The van der Waals surface area contributed by atoms with Gasteiger partial charge in [0.15, 0.2) is 6.10 Å². The number of benzene rings is 1. The van der Waals surface area contributed by atoms with Gasteiger partial charge in [-0.05, 0) is 43.3 Å². The van der Waals surface area contributed by atoms with Crippen LogP contribution in [0, 0.1) is 0 Å². The Morgan fingerprint density at radius 2 is 1.74 bits per heavy atom. The predicted octanol–water partition coefficient (Wildman–Crippen LogP) is 4.69. The number of carboxylic acids is 1. The summed E-state index contributed by atoms with van der Waals surface area (Å²) in [6, 6.07) is 9.17. The van der Waals surface area contributed by atoms with Gasteiger partial charge >= 0.3 is 18.1 Å². The third kappa shape index (κ3) is 7.72. The molecule has 1 unspecified atom stereocenters. The van der Waals surface area contributed by atoms with Crippen molar-refractivity contribution in [2.24, 2.45) is 0 Å². The Kier molecular flexibility index (Phi) is 8.95. The van der Waals surface area contributed by atoms with Gasteiger partial charge in [-0.15, -0.1) is 0 Å². The number of esters is 1. The maximum absolute atomic E-state index is 12.4. The monoisotopic (exact) mass is 505 g/mol. The fraction of sp³-hybridized carbons (Fsp3) is 0.200. The minimum Gasteiger partial charge on any atom is -0.475 e. The minimum absolute atomic E-state index is 0.300. The maximum Gasteiger partial charge on any atom is 0.490 e. The molecule has 0 aliphatic heterocycles. The van der Waals surface area contributed by atoms with Crippen molar-refractivity contribution in [1.29, 1.82) is 0 Å². The van der Waals surface area contributed by atoms with Crippen molar-refractivity contribution >= 4 is 46.3 Å². The second kappa shape index (κ2) is 11.4. The first-order chi connectivity index (χ1) is 15.9. The number of carboxylic acid groups (broad SMARTS) is 1. The highest BCUT2D eigenvalue weighted by Crippen LogP contribution is 2.26. The smallest absolute Gasteiger partial charge is 0.475 e. The zero-order valence-corrected chi connectivity index (χ0v) is 17.9. The third-order valence-corrected chi connectivity index (χ3v) is 4.65. The number of aliphatic carboxylic acids is 1. The van der Waals surface area contributed by atoms with E-state index in [1.807, 2.05) is 0 Å². The van der Waals surface area contributed by atoms with Crippen molar-refractivity contribution in [3.63, 3.8) is 0 Å². The molecule has 0 fully saturated rings. The van der Waals surface area contributed by atoms with Gasteiger partial charge in [-0.2, -0.15) is 22.0 Å². The molecule has 0 spiro atoms. The Labute approximate surface area is 192 Å². The molecule has 34 heavy (non-hydrogen) atoms. The second-order valence-corrected chi connectivity index (χ2v) is 7.40. The second-order valence-electron chi connectivity index (χ2n) is 6.34. The van der Waals surface area contributed by atoms with Crippen LogP contribution in [-0.4, -0.2) is 51.0 Å². The predicted molar refractivity (Wildman–Crippen MR) is 112 cm³/mol. The van der Waals surface area contributed by atoms with E-state index in [9.17, 15) is 31.5 Å². The van der Waals surface area contributed by atoms with E-state index in [0.717, 1.165) is 0 Å². The zero-order valence-electron chi connectivity index (χ0n) is 17.1. The fourth-order valence-corrected chi connectivity index (χ4v) is 2.88. The summed E-state index contributed by atoms with van der Waals surface area (Å²) in [4.78, 5) is 40.8. The van der Waals surface area contributed by atoms with Crippen LogP contribution in [0.4, 0.5) is 27.6 Å².